The Kier molecular flexibility index (Phi) is 3.78. The molecule has 1 atom stereocenters. The molecule has 0 spiro atoms. The molecule has 0 amide bonds. The molecule has 0 aliphatic carbocycles. The van der Waals surface area contributed by atoms with Crippen molar-refractivity contribution in [2.75, 3.05) is 0 Å². The number of carbonyl (C=O) groups is 1. The summed E-state index contributed by atoms with van der Waals surface area (Å²) >= 11 is 0. The normalized spacial score (nSPS) is 13.0. The Labute approximate surface area is 112 Å². The van der Waals surface area contributed by atoms with Gasteiger partial charge in [-0.3, -0.25) is 0 Å². The maximum Gasteiger partial charge on any atom is 0.432 e. The molecule has 0 N–H and O–H groups in total. The van der Waals surface area contributed by atoms with Crippen molar-refractivity contribution in [2.45, 2.75) is 12.3 Å². The second-order valence-electron chi connectivity index (χ2n) is 4.09. The van der Waals surface area contributed by atoms with Crippen molar-refractivity contribution in [1.82, 2.24) is 9.55 Å². The summed E-state index contributed by atoms with van der Waals surface area (Å²) in [6.07, 6.45) is -4.56. The minimum atomic E-state index is -4.73. The van der Waals surface area contributed by atoms with Crippen molar-refractivity contribution in [3.05, 3.63) is 54.1 Å². The first kappa shape index (κ1) is 14.1. The highest BCUT2D eigenvalue weighted by Crippen LogP contribution is 2.35. The third-order valence-corrected chi connectivity index (χ3v) is 2.62. The summed E-state index contributed by atoms with van der Waals surface area (Å²) in [4.78, 5) is 15.3. The fraction of sp³-hybridized carbons (Fsp3) is 0.231. The topological polar surface area (TPSA) is 44.1 Å². The van der Waals surface area contributed by atoms with Gasteiger partial charge >= 0.3 is 12.1 Å². The summed E-state index contributed by atoms with van der Waals surface area (Å²) in [7, 11) is 1.40. The minimum absolute atomic E-state index is 0.0518. The molecule has 0 aliphatic heterocycles. The number of imidazole rings is 1. The number of carbonyl (C=O) groups excluding carboxylic acids is 1. The quantitative estimate of drug-likeness (QED) is 0.814. The lowest BCUT2D eigenvalue weighted by Gasteiger charge is -2.20. The highest BCUT2D eigenvalue weighted by atomic mass is 19.4. The summed E-state index contributed by atoms with van der Waals surface area (Å²) in [6.45, 7) is 0. The van der Waals surface area contributed by atoms with E-state index in [9.17, 15) is 18.0 Å². The second-order valence-corrected chi connectivity index (χ2v) is 4.09. The van der Waals surface area contributed by atoms with E-state index in [0.717, 1.165) is 4.57 Å². The third kappa shape index (κ3) is 2.98. The molecule has 2 aromatic rings. The van der Waals surface area contributed by atoms with Gasteiger partial charge in [0.15, 0.2) is 5.82 Å². The van der Waals surface area contributed by atoms with Crippen LogP contribution in [0.4, 0.5) is 13.2 Å². The molecule has 0 fully saturated rings. The third-order valence-electron chi connectivity index (χ3n) is 2.62. The molecule has 0 unspecified atom stereocenters. The number of esters is 1. The average molecular weight is 284 g/mol. The van der Waals surface area contributed by atoms with Crippen LogP contribution in [0.1, 0.15) is 22.3 Å². The summed E-state index contributed by atoms with van der Waals surface area (Å²) in [5.74, 6) is -1.42. The second kappa shape index (κ2) is 5.36. The molecule has 106 valence electrons. The van der Waals surface area contributed by atoms with Crippen molar-refractivity contribution in [3.8, 4) is 0 Å². The monoisotopic (exact) mass is 284 g/mol. The molecule has 1 heterocycles. The molecule has 1 aromatic heterocycles. The van der Waals surface area contributed by atoms with Crippen LogP contribution in [0.3, 0.4) is 0 Å². The first-order valence-electron chi connectivity index (χ1n) is 5.69. The van der Waals surface area contributed by atoms with Crippen LogP contribution in [0.25, 0.3) is 0 Å². The summed E-state index contributed by atoms with van der Waals surface area (Å²) < 4.78 is 44.8. The number of ether oxygens (including phenoxy) is 1. The van der Waals surface area contributed by atoms with E-state index in [1.54, 1.807) is 18.2 Å². The largest absolute Gasteiger partial charge is 0.441 e. The van der Waals surface area contributed by atoms with Gasteiger partial charge in [0.1, 0.15) is 0 Å². The number of halogens is 3. The average Bonchev–Trinajstić information content (AvgIpc) is 2.81. The van der Waals surface area contributed by atoms with Gasteiger partial charge in [0.05, 0.1) is 5.56 Å². The first-order chi connectivity index (χ1) is 9.39. The number of aromatic nitrogens is 2. The molecule has 4 nitrogen and oxygen atoms in total. The van der Waals surface area contributed by atoms with Crippen molar-refractivity contribution < 1.29 is 22.7 Å². The number of hydrogen-bond donors (Lipinski definition) is 0. The predicted molar refractivity (Wildman–Crippen MR) is 63.9 cm³/mol. The summed E-state index contributed by atoms with van der Waals surface area (Å²) in [6, 6.07) is 7.50. The zero-order valence-corrected chi connectivity index (χ0v) is 10.5. The minimum Gasteiger partial charge on any atom is -0.441 e. The van der Waals surface area contributed by atoms with E-state index in [0.29, 0.717) is 0 Å². The van der Waals surface area contributed by atoms with E-state index in [1.165, 1.54) is 31.6 Å². The van der Waals surface area contributed by atoms with E-state index >= 15 is 0 Å². The lowest BCUT2D eigenvalue weighted by Crippen LogP contribution is -2.28. The molecule has 2 rings (SSSR count). The van der Waals surface area contributed by atoms with Gasteiger partial charge in [-0.2, -0.15) is 13.2 Å². The van der Waals surface area contributed by atoms with Gasteiger partial charge in [-0.15, -0.1) is 0 Å². The predicted octanol–water partition coefficient (Wildman–Crippen LogP) is 2.88. The Hall–Kier alpha value is -2.31. The maximum atomic E-state index is 13.0. The van der Waals surface area contributed by atoms with Crippen LogP contribution in [-0.4, -0.2) is 21.7 Å². The van der Waals surface area contributed by atoms with Crippen LogP contribution in [0.5, 0.6) is 0 Å². The smallest absolute Gasteiger partial charge is 0.432 e. The number of aryl methyl sites for hydroxylation is 1. The lowest BCUT2D eigenvalue weighted by atomic mass is 10.2. The van der Waals surface area contributed by atoms with Crippen LogP contribution in [-0.2, 0) is 11.8 Å². The van der Waals surface area contributed by atoms with Crippen LogP contribution in [0.15, 0.2) is 42.7 Å². The highest BCUT2D eigenvalue weighted by Gasteiger charge is 2.46. The van der Waals surface area contributed by atoms with Crippen molar-refractivity contribution in [2.24, 2.45) is 7.05 Å². The number of benzene rings is 1. The van der Waals surface area contributed by atoms with Crippen molar-refractivity contribution in [3.63, 3.8) is 0 Å². The molecular weight excluding hydrogens is 273 g/mol. The van der Waals surface area contributed by atoms with E-state index in [1.807, 2.05) is 0 Å². The van der Waals surface area contributed by atoms with Crippen LogP contribution in [0, 0.1) is 0 Å². The van der Waals surface area contributed by atoms with E-state index in [2.05, 4.69) is 9.72 Å². The SMILES string of the molecule is Cn1ccnc1[C@H](OC(=O)c1ccccc1)C(F)(F)F. The Morgan fingerprint density at radius 1 is 1.30 bits per heavy atom. The number of hydrogen-bond acceptors (Lipinski definition) is 3. The Morgan fingerprint density at radius 3 is 2.45 bits per heavy atom. The summed E-state index contributed by atoms with van der Waals surface area (Å²) in [5.41, 5.74) is 0.0518. The molecule has 20 heavy (non-hydrogen) atoms. The van der Waals surface area contributed by atoms with Gasteiger partial charge in [0, 0.05) is 19.4 Å². The standard InChI is InChI=1S/C13H11F3N2O2/c1-18-8-7-17-11(18)10(13(14,15)16)20-12(19)9-5-3-2-4-6-9/h2-8,10H,1H3/t10-/m0/s1. The van der Waals surface area contributed by atoms with Gasteiger partial charge in [0.2, 0.25) is 0 Å². The van der Waals surface area contributed by atoms with Gasteiger partial charge in [-0.1, -0.05) is 18.2 Å². The maximum absolute atomic E-state index is 13.0. The molecule has 0 bridgehead atoms. The van der Waals surface area contributed by atoms with E-state index < -0.39 is 18.2 Å². The number of rotatable bonds is 3. The Balaban J connectivity index is 2.26. The zero-order chi connectivity index (χ0) is 14.8. The fourth-order valence-corrected chi connectivity index (χ4v) is 1.65. The Bertz CT molecular complexity index is 593. The Morgan fingerprint density at radius 2 is 1.95 bits per heavy atom. The van der Waals surface area contributed by atoms with Gasteiger partial charge < -0.3 is 9.30 Å². The highest BCUT2D eigenvalue weighted by molar-refractivity contribution is 5.89. The van der Waals surface area contributed by atoms with Crippen molar-refractivity contribution >= 4 is 5.97 Å². The molecule has 0 saturated carbocycles. The molecular formula is C13H11F3N2O2. The van der Waals surface area contributed by atoms with E-state index in [-0.39, 0.29) is 11.4 Å². The number of nitrogens with zero attached hydrogens (tertiary/aromatic N) is 2. The first-order valence-corrected chi connectivity index (χ1v) is 5.69. The van der Waals surface area contributed by atoms with Crippen molar-refractivity contribution in [1.29, 1.82) is 0 Å². The lowest BCUT2D eigenvalue weighted by molar-refractivity contribution is -0.210. The molecule has 0 radical (unpaired) electrons. The van der Waals surface area contributed by atoms with Gasteiger partial charge in [-0.05, 0) is 12.1 Å². The van der Waals surface area contributed by atoms with Gasteiger partial charge in [-0.25, -0.2) is 9.78 Å². The van der Waals surface area contributed by atoms with Crippen LogP contribution >= 0.6 is 0 Å². The fourth-order valence-electron chi connectivity index (χ4n) is 1.65. The summed E-state index contributed by atoms with van der Waals surface area (Å²) in [5, 5.41) is 0. The molecule has 0 aliphatic rings. The van der Waals surface area contributed by atoms with Gasteiger partial charge in [0.25, 0.3) is 6.10 Å². The molecule has 0 saturated heterocycles. The molecule has 1 aromatic carbocycles. The van der Waals surface area contributed by atoms with E-state index in [4.69, 9.17) is 0 Å². The van der Waals surface area contributed by atoms with Crippen LogP contribution in [0.2, 0.25) is 0 Å². The zero-order valence-electron chi connectivity index (χ0n) is 10.5. The molecule has 7 heteroatoms. The number of alkyl halides is 3. The van der Waals surface area contributed by atoms with Crippen LogP contribution < -0.4 is 0 Å².